The molecule has 0 N–H and O–H groups in total. The van der Waals surface area contributed by atoms with Gasteiger partial charge in [0.05, 0.1) is 24.2 Å². The molecule has 2 aromatic rings. The first-order valence-electron chi connectivity index (χ1n) is 17.6. The van der Waals surface area contributed by atoms with Gasteiger partial charge in [-0.1, -0.05) is 111 Å². The standard InChI is InChI=1S/C39H59N5O/c1-8-12-14-16-20-32(11-4)30-44(29-31(10-3)19-13-9-2)35-24-26-38(39(5,6)28-35)43-41-34-23-25-36(37(27-34)45-7)42-40-33-21-17-15-18-22-33/h15,17-18,21-27,31-32H,8-14,16,19-20,28-30H2,1-7H3/b42-40+,43-41+. The number of methoxy groups -OCH3 is 1. The van der Waals surface area contributed by atoms with Crippen molar-refractivity contribution in [1.29, 1.82) is 0 Å². The van der Waals surface area contributed by atoms with Crippen molar-refractivity contribution in [1.82, 2.24) is 4.90 Å². The fraction of sp³-hybridized carbons (Fsp3) is 0.590. The average molecular weight is 614 g/mol. The van der Waals surface area contributed by atoms with Crippen molar-refractivity contribution in [2.24, 2.45) is 37.7 Å². The largest absolute Gasteiger partial charge is 0.494 e. The van der Waals surface area contributed by atoms with Crippen LogP contribution in [0, 0.1) is 17.3 Å². The smallest absolute Gasteiger partial charge is 0.148 e. The topological polar surface area (TPSA) is 61.9 Å². The average Bonchev–Trinajstić information content (AvgIpc) is 3.05. The van der Waals surface area contributed by atoms with Gasteiger partial charge in [0.2, 0.25) is 0 Å². The Morgan fingerprint density at radius 2 is 1.40 bits per heavy atom. The maximum absolute atomic E-state index is 5.61. The SMILES string of the molecule is CCCCCCC(CC)CN(CC(CC)CCCC)C1=CC=C(/N=N/c2ccc(/N=N/c3ccccc3)c(OC)c2)C(C)(C)C1. The van der Waals surface area contributed by atoms with E-state index in [0.717, 1.165) is 48.4 Å². The molecule has 2 atom stereocenters. The maximum atomic E-state index is 5.61. The van der Waals surface area contributed by atoms with Crippen LogP contribution in [-0.2, 0) is 0 Å². The summed E-state index contributed by atoms with van der Waals surface area (Å²) in [7, 11) is 1.64. The molecule has 6 heteroatoms. The lowest BCUT2D eigenvalue weighted by molar-refractivity contribution is 0.203. The second-order valence-electron chi connectivity index (χ2n) is 13.3. The summed E-state index contributed by atoms with van der Waals surface area (Å²) in [5.74, 6) is 2.10. The first kappa shape index (κ1) is 36.2. The van der Waals surface area contributed by atoms with Gasteiger partial charge in [-0.15, -0.1) is 5.11 Å². The Morgan fingerprint density at radius 3 is 2.02 bits per heavy atom. The predicted molar refractivity (Wildman–Crippen MR) is 190 cm³/mol. The van der Waals surface area contributed by atoms with Gasteiger partial charge in [0, 0.05) is 30.3 Å². The van der Waals surface area contributed by atoms with Crippen LogP contribution in [0.1, 0.15) is 112 Å². The monoisotopic (exact) mass is 613 g/mol. The highest BCUT2D eigenvalue weighted by Gasteiger charge is 2.31. The van der Waals surface area contributed by atoms with E-state index in [1.54, 1.807) is 7.11 Å². The molecule has 0 radical (unpaired) electrons. The molecule has 6 nitrogen and oxygen atoms in total. The highest BCUT2D eigenvalue weighted by atomic mass is 16.5. The maximum Gasteiger partial charge on any atom is 0.148 e. The molecule has 2 aromatic carbocycles. The number of hydrogen-bond donors (Lipinski definition) is 0. The Labute approximate surface area is 274 Å². The van der Waals surface area contributed by atoms with Gasteiger partial charge in [-0.3, -0.25) is 0 Å². The fourth-order valence-corrected chi connectivity index (χ4v) is 6.05. The third kappa shape index (κ3) is 11.9. The molecule has 0 heterocycles. The molecule has 0 saturated carbocycles. The Balaban J connectivity index is 1.80. The van der Waals surface area contributed by atoms with Gasteiger partial charge in [-0.05, 0) is 67.5 Å². The lowest BCUT2D eigenvalue weighted by atomic mass is 9.80. The Morgan fingerprint density at radius 1 is 0.733 bits per heavy atom. The molecule has 246 valence electrons. The third-order valence-corrected chi connectivity index (χ3v) is 9.17. The zero-order valence-corrected chi connectivity index (χ0v) is 29.3. The van der Waals surface area contributed by atoms with Crippen LogP contribution in [0.5, 0.6) is 5.75 Å². The molecule has 0 fully saturated rings. The summed E-state index contributed by atoms with van der Waals surface area (Å²) in [6.07, 6.45) is 18.6. The van der Waals surface area contributed by atoms with Crippen LogP contribution in [0.2, 0.25) is 0 Å². The van der Waals surface area contributed by atoms with Crippen molar-refractivity contribution in [2.45, 2.75) is 112 Å². The van der Waals surface area contributed by atoms with Gasteiger partial charge in [0.25, 0.3) is 0 Å². The van der Waals surface area contributed by atoms with E-state index in [1.807, 2.05) is 48.5 Å². The molecule has 0 amide bonds. The summed E-state index contributed by atoms with van der Waals surface area (Å²) < 4.78 is 5.61. The lowest BCUT2D eigenvalue weighted by Crippen LogP contribution is -2.36. The molecule has 1 aliphatic carbocycles. The predicted octanol–water partition coefficient (Wildman–Crippen LogP) is 12.9. The zero-order chi connectivity index (χ0) is 32.5. The van der Waals surface area contributed by atoms with Gasteiger partial charge < -0.3 is 9.64 Å². The highest BCUT2D eigenvalue weighted by molar-refractivity contribution is 5.58. The quantitative estimate of drug-likeness (QED) is 0.110. The summed E-state index contributed by atoms with van der Waals surface area (Å²) in [5, 5.41) is 18.1. The molecule has 2 unspecified atom stereocenters. The molecule has 0 aromatic heterocycles. The van der Waals surface area contributed by atoms with Crippen LogP contribution in [0.3, 0.4) is 0 Å². The first-order chi connectivity index (χ1) is 21.8. The van der Waals surface area contributed by atoms with Crippen molar-refractivity contribution in [3.05, 3.63) is 72.1 Å². The van der Waals surface area contributed by atoms with Crippen molar-refractivity contribution in [2.75, 3.05) is 20.2 Å². The van der Waals surface area contributed by atoms with Crippen molar-refractivity contribution in [3.8, 4) is 5.75 Å². The number of nitrogens with zero attached hydrogens (tertiary/aromatic N) is 5. The van der Waals surface area contributed by atoms with E-state index in [2.05, 4.69) is 73.9 Å². The Hall–Kier alpha value is -3.28. The molecule has 3 rings (SSSR count). The first-order valence-corrected chi connectivity index (χ1v) is 17.6. The summed E-state index contributed by atoms with van der Waals surface area (Å²) in [4.78, 5) is 2.75. The zero-order valence-electron chi connectivity index (χ0n) is 29.3. The molecule has 0 saturated heterocycles. The van der Waals surface area contributed by atoms with Gasteiger partial charge in [0.1, 0.15) is 11.4 Å². The number of rotatable bonds is 20. The van der Waals surface area contributed by atoms with Crippen LogP contribution in [0.4, 0.5) is 17.1 Å². The molecular weight excluding hydrogens is 554 g/mol. The minimum Gasteiger partial charge on any atom is -0.494 e. The number of unbranched alkanes of at least 4 members (excludes halogenated alkanes) is 4. The molecule has 45 heavy (non-hydrogen) atoms. The van der Waals surface area contributed by atoms with E-state index < -0.39 is 0 Å². The molecule has 0 aliphatic heterocycles. The van der Waals surface area contributed by atoms with Crippen molar-refractivity contribution in [3.63, 3.8) is 0 Å². The van der Waals surface area contributed by atoms with Crippen LogP contribution in [0.15, 0.2) is 92.5 Å². The summed E-state index contributed by atoms with van der Waals surface area (Å²) in [5.41, 5.74) is 4.52. The summed E-state index contributed by atoms with van der Waals surface area (Å²) in [6, 6.07) is 15.4. The summed E-state index contributed by atoms with van der Waals surface area (Å²) >= 11 is 0. The summed E-state index contributed by atoms with van der Waals surface area (Å²) in [6.45, 7) is 16.3. The van der Waals surface area contributed by atoms with Gasteiger partial charge >= 0.3 is 0 Å². The highest BCUT2D eigenvalue weighted by Crippen LogP contribution is 2.41. The van der Waals surface area contributed by atoms with Crippen LogP contribution in [0.25, 0.3) is 0 Å². The molecule has 1 aliphatic rings. The molecule has 0 bridgehead atoms. The van der Waals surface area contributed by atoms with E-state index in [-0.39, 0.29) is 5.41 Å². The van der Waals surface area contributed by atoms with E-state index >= 15 is 0 Å². The van der Waals surface area contributed by atoms with Crippen LogP contribution >= 0.6 is 0 Å². The normalized spacial score (nSPS) is 16.1. The van der Waals surface area contributed by atoms with E-state index in [9.17, 15) is 0 Å². The number of hydrogen-bond acceptors (Lipinski definition) is 6. The van der Waals surface area contributed by atoms with Crippen molar-refractivity contribution >= 4 is 17.1 Å². The number of allylic oxidation sites excluding steroid dienone is 4. The van der Waals surface area contributed by atoms with Gasteiger partial charge in [-0.2, -0.15) is 15.3 Å². The van der Waals surface area contributed by atoms with E-state index in [0.29, 0.717) is 11.4 Å². The van der Waals surface area contributed by atoms with Crippen LogP contribution in [-0.4, -0.2) is 25.1 Å². The Bertz CT molecular complexity index is 1260. The van der Waals surface area contributed by atoms with E-state index in [1.165, 1.54) is 69.9 Å². The molecular formula is C39H59N5O. The van der Waals surface area contributed by atoms with Crippen LogP contribution < -0.4 is 4.74 Å². The second-order valence-corrected chi connectivity index (χ2v) is 13.3. The van der Waals surface area contributed by atoms with Gasteiger partial charge in [-0.25, -0.2) is 0 Å². The number of benzene rings is 2. The molecule has 0 spiro atoms. The fourth-order valence-electron chi connectivity index (χ4n) is 6.05. The minimum atomic E-state index is -0.117. The van der Waals surface area contributed by atoms with E-state index in [4.69, 9.17) is 9.85 Å². The number of ether oxygens (including phenoxy) is 1. The lowest BCUT2D eigenvalue weighted by Gasteiger charge is -2.39. The van der Waals surface area contributed by atoms with Gasteiger partial charge in [0.15, 0.2) is 0 Å². The Kier molecular flexibility index (Phi) is 15.5. The third-order valence-electron chi connectivity index (χ3n) is 9.17. The second kappa shape index (κ2) is 19.3. The minimum absolute atomic E-state index is 0.117. The number of azo groups is 2. The van der Waals surface area contributed by atoms with Crippen molar-refractivity contribution < 1.29 is 4.74 Å².